The summed E-state index contributed by atoms with van der Waals surface area (Å²) in [6.07, 6.45) is 2.79. The van der Waals surface area contributed by atoms with Crippen LogP contribution in [0.1, 0.15) is 13.8 Å². The van der Waals surface area contributed by atoms with Crippen LogP contribution in [0, 0.1) is 5.92 Å². The molecule has 0 radical (unpaired) electrons. The van der Waals surface area contributed by atoms with Crippen LogP contribution in [0.3, 0.4) is 0 Å². The number of carbonyl (C=O) groups excluding carboxylic acids is 2. The molecule has 16 heavy (non-hydrogen) atoms. The molecule has 0 aromatic rings. The summed E-state index contributed by atoms with van der Waals surface area (Å²) in [6, 6.07) is 0. The molecule has 0 unspecified atom stereocenters. The molecule has 0 saturated heterocycles. The smallest absolute Gasteiger partial charge is 0.331 e. The Morgan fingerprint density at radius 1 is 1.44 bits per heavy atom. The first kappa shape index (κ1) is 14.5. The summed E-state index contributed by atoms with van der Waals surface area (Å²) in [6.45, 7) is 4.94. The zero-order chi connectivity index (χ0) is 12.6. The van der Waals surface area contributed by atoms with Gasteiger partial charge in [-0.25, -0.2) is 4.79 Å². The first-order valence-corrected chi connectivity index (χ1v) is 5.18. The van der Waals surface area contributed by atoms with Crippen LogP contribution in [-0.4, -0.2) is 44.0 Å². The number of carbonyl (C=O) groups is 2. The number of amides is 1. The molecule has 0 fully saturated rings. The van der Waals surface area contributed by atoms with Gasteiger partial charge >= 0.3 is 5.97 Å². The zero-order valence-electron chi connectivity index (χ0n) is 10.3. The van der Waals surface area contributed by atoms with E-state index in [1.165, 1.54) is 19.4 Å². The molecule has 0 bridgehead atoms. The van der Waals surface area contributed by atoms with Gasteiger partial charge in [-0.1, -0.05) is 13.8 Å². The number of esters is 1. The van der Waals surface area contributed by atoms with Crippen LogP contribution in [0.5, 0.6) is 0 Å². The van der Waals surface area contributed by atoms with Gasteiger partial charge in [0.2, 0.25) is 5.91 Å². The molecule has 5 heteroatoms. The second-order valence-corrected chi connectivity index (χ2v) is 3.95. The first-order valence-electron chi connectivity index (χ1n) is 5.18. The molecular formula is C11H20N2O3. The van der Waals surface area contributed by atoms with E-state index in [4.69, 9.17) is 0 Å². The first-order chi connectivity index (χ1) is 7.45. The molecule has 0 aromatic carbocycles. The molecule has 1 N–H and O–H groups in total. The van der Waals surface area contributed by atoms with Gasteiger partial charge in [0.25, 0.3) is 0 Å². The highest BCUT2D eigenvalue weighted by Crippen LogP contribution is 1.89. The van der Waals surface area contributed by atoms with Gasteiger partial charge in [0.1, 0.15) is 0 Å². The monoisotopic (exact) mass is 228 g/mol. The van der Waals surface area contributed by atoms with Crippen LogP contribution in [-0.2, 0) is 14.3 Å². The number of hydrogen-bond donors (Lipinski definition) is 1. The van der Waals surface area contributed by atoms with E-state index in [0.29, 0.717) is 12.5 Å². The maximum atomic E-state index is 11.4. The lowest BCUT2D eigenvalue weighted by Crippen LogP contribution is -2.35. The summed E-state index contributed by atoms with van der Waals surface area (Å²) < 4.78 is 4.43. The minimum Gasteiger partial charge on any atom is -0.466 e. The van der Waals surface area contributed by atoms with E-state index in [9.17, 15) is 9.59 Å². The number of nitrogens with zero attached hydrogens (tertiary/aromatic N) is 1. The third kappa shape index (κ3) is 7.84. The Balaban J connectivity index is 3.86. The van der Waals surface area contributed by atoms with Crippen LogP contribution < -0.4 is 5.32 Å². The van der Waals surface area contributed by atoms with Crippen molar-refractivity contribution in [3.8, 4) is 0 Å². The van der Waals surface area contributed by atoms with Crippen molar-refractivity contribution in [1.29, 1.82) is 0 Å². The molecule has 1 amide bonds. The fourth-order valence-electron chi connectivity index (χ4n) is 0.909. The highest BCUT2D eigenvalue weighted by Gasteiger charge is 2.04. The molecule has 0 spiro atoms. The van der Waals surface area contributed by atoms with Crippen molar-refractivity contribution in [1.82, 2.24) is 10.2 Å². The lowest BCUT2D eigenvalue weighted by Gasteiger charge is -2.14. The third-order valence-electron chi connectivity index (χ3n) is 1.77. The van der Waals surface area contributed by atoms with E-state index in [1.807, 2.05) is 13.8 Å². The number of nitrogens with one attached hydrogen (secondary N) is 1. The SMILES string of the molecule is COC(=O)/C=C/N(C)CC(=O)NCC(C)C. The zero-order valence-corrected chi connectivity index (χ0v) is 10.3. The second kappa shape index (κ2) is 7.73. The molecular weight excluding hydrogens is 208 g/mol. The van der Waals surface area contributed by atoms with Gasteiger partial charge in [-0.2, -0.15) is 0 Å². The van der Waals surface area contributed by atoms with Gasteiger partial charge in [0.05, 0.1) is 13.7 Å². The minimum absolute atomic E-state index is 0.0642. The van der Waals surface area contributed by atoms with Crippen LogP contribution in [0.2, 0.25) is 0 Å². The molecule has 0 aliphatic heterocycles. The fraction of sp³-hybridized carbons (Fsp3) is 0.636. The third-order valence-corrected chi connectivity index (χ3v) is 1.77. The average Bonchev–Trinajstić information content (AvgIpc) is 2.23. The molecule has 0 atom stereocenters. The normalized spacial score (nSPS) is 10.6. The second-order valence-electron chi connectivity index (χ2n) is 3.95. The predicted octanol–water partition coefficient (Wildman–Crippen LogP) is 0.377. The van der Waals surface area contributed by atoms with E-state index in [-0.39, 0.29) is 12.5 Å². The quantitative estimate of drug-likeness (QED) is 0.527. The Bertz CT molecular complexity index is 262. The van der Waals surface area contributed by atoms with E-state index in [0.717, 1.165) is 0 Å². The molecule has 0 heterocycles. The van der Waals surface area contributed by atoms with Gasteiger partial charge in [0, 0.05) is 25.9 Å². The maximum Gasteiger partial charge on any atom is 0.331 e. The van der Waals surface area contributed by atoms with Gasteiger partial charge in [0.15, 0.2) is 0 Å². The summed E-state index contributed by atoms with van der Waals surface area (Å²) in [5, 5.41) is 2.78. The maximum absolute atomic E-state index is 11.4. The largest absolute Gasteiger partial charge is 0.466 e. The highest BCUT2D eigenvalue weighted by atomic mass is 16.5. The number of likely N-dealkylation sites (N-methyl/N-ethyl adjacent to an activating group) is 1. The van der Waals surface area contributed by atoms with Gasteiger partial charge in [-0.05, 0) is 5.92 Å². The van der Waals surface area contributed by atoms with Gasteiger partial charge in [-0.15, -0.1) is 0 Å². The molecule has 0 aliphatic carbocycles. The van der Waals surface area contributed by atoms with E-state index in [2.05, 4.69) is 10.1 Å². The lowest BCUT2D eigenvalue weighted by molar-refractivity contribution is -0.135. The van der Waals surface area contributed by atoms with Crippen LogP contribution >= 0.6 is 0 Å². The Labute approximate surface area is 96.4 Å². The Morgan fingerprint density at radius 2 is 2.06 bits per heavy atom. The highest BCUT2D eigenvalue weighted by molar-refractivity contribution is 5.82. The fourth-order valence-corrected chi connectivity index (χ4v) is 0.909. The lowest BCUT2D eigenvalue weighted by atomic mass is 10.2. The number of hydrogen-bond acceptors (Lipinski definition) is 4. The van der Waals surface area contributed by atoms with Crippen molar-refractivity contribution in [2.45, 2.75) is 13.8 Å². The summed E-state index contributed by atoms with van der Waals surface area (Å²) in [4.78, 5) is 23.8. The van der Waals surface area contributed by atoms with Crippen molar-refractivity contribution in [2.24, 2.45) is 5.92 Å². The number of ether oxygens (including phenoxy) is 1. The summed E-state index contributed by atoms with van der Waals surface area (Å²) >= 11 is 0. The Hall–Kier alpha value is -1.52. The molecule has 5 nitrogen and oxygen atoms in total. The Morgan fingerprint density at radius 3 is 2.56 bits per heavy atom. The van der Waals surface area contributed by atoms with Crippen molar-refractivity contribution in [2.75, 3.05) is 27.2 Å². The van der Waals surface area contributed by atoms with Crippen molar-refractivity contribution < 1.29 is 14.3 Å². The topological polar surface area (TPSA) is 58.6 Å². The van der Waals surface area contributed by atoms with Gasteiger partial charge < -0.3 is 15.0 Å². The van der Waals surface area contributed by atoms with Crippen LogP contribution in [0.25, 0.3) is 0 Å². The molecule has 0 aromatic heterocycles. The van der Waals surface area contributed by atoms with Crippen LogP contribution in [0.15, 0.2) is 12.3 Å². The number of methoxy groups -OCH3 is 1. The average molecular weight is 228 g/mol. The molecule has 0 saturated carbocycles. The summed E-state index contributed by atoms with van der Waals surface area (Å²) in [5.41, 5.74) is 0. The van der Waals surface area contributed by atoms with Crippen molar-refractivity contribution in [3.63, 3.8) is 0 Å². The van der Waals surface area contributed by atoms with E-state index < -0.39 is 5.97 Å². The Kier molecular flexibility index (Phi) is 7.00. The standard InChI is InChI=1S/C11H20N2O3/c1-9(2)7-12-10(14)8-13(3)6-5-11(15)16-4/h5-6,9H,7-8H2,1-4H3,(H,12,14)/b6-5+. The molecule has 0 aliphatic rings. The molecule has 0 rings (SSSR count). The van der Waals surface area contributed by atoms with Crippen LogP contribution in [0.4, 0.5) is 0 Å². The predicted molar refractivity (Wildman–Crippen MR) is 61.6 cm³/mol. The summed E-state index contributed by atoms with van der Waals surface area (Å²) in [7, 11) is 3.02. The van der Waals surface area contributed by atoms with Crippen molar-refractivity contribution in [3.05, 3.63) is 12.3 Å². The van der Waals surface area contributed by atoms with Crippen molar-refractivity contribution >= 4 is 11.9 Å². The molecule has 92 valence electrons. The number of rotatable bonds is 6. The van der Waals surface area contributed by atoms with Gasteiger partial charge in [-0.3, -0.25) is 4.79 Å². The van der Waals surface area contributed by atoms with E-state index in [1.54, 1.807) is 11.9 Å². The minimum atomic E-state index is -0.436. The summed E-state index contributed by atoms with van der Waals surface area (Å²) in [5.74, 6) is -0.0694. The van der Waals surface area contributed by atoms with E-state index >= 15 is 0 Å².